The number of aromatic nitrogens is 1. The molecule has 6 nitrogen and oxygen atoms in total. The molecule has 6 heteroatoms. The van der Waals surface area contributed by atoms with Crippen molar-refractivity contribution in [2.75, 3.05) is 19.8 Å². The van der Waals surface area contributed by atoms with Crippen LogP contribution in [0, 0.1) is 0 Å². The molecule has 0 spiro atoms. The Morgan fingerprint density at radius 1 is 1.71 bits per heavy atom. The summed E-state index contributed by atoms with van der Waals surface area (Å²) in [6.07, 6.45) is 1.09. The van der Waals surface area contributed by atoms with Crippen molar-refractivity contribution in [1.82, 2.24) is 4.98 Å². The summed E-state index contributed by atoms with van der Waals surface area (Å²) in [5, 5.41) is 8.44. The van der Waals surface area contributed by atoms with E-state index in [1.165, 1.54) is 0 Å². The van der Waals surface area contributed by atoms with Crippen molar-refractivity contribution in [2.24, 2.45) is 0 Å². The van der Waals surface area contributed by atoms with E-state index in [1.807, 2.05) is 0 Å². The molecule has 0 aromatic carbocycles. The Morgan fingerprint density at radius 2 is 2.50 bits per heavy atom. The molecular weight excluding hydrogens is 190 g/mol. The minimum absolute atomic E-state index is 0.0536. The molecule has 0 aliphatic heterocycles. The minimum atomic E-state index is -0.560. The number of carbonyl (C=O) groups excluding carboxylic acids is 1. The number of hydrogen-bond acceptors (Lipinski definition) is 6. The van der Waals surface area contributed by atoms with Crippen molar-refractivity contribution in [3.05, 3.63) is 12.0 Å². The highest BCUT2D eigenvalue weighted by Gasteiger charge is 2.13. The predicted octanol–water partition coefficient (Wildman–Crippen LogP) is 0.222. The zero-order valence-electron chi connectivity index (χ0n) is 7.73. The molecule has 14 heavy (non-hydrogen) atoms. The molecule has 0 saturated heterocycles. The quantitative estimate of drug-likeness (QED) is 0.686. The molecule has 1 aromatic heterocycles. The van der Waals surface area contributed by atoms with Gasteiger partial charge in [0, 0.05) is 0 Å². The Labute approximate surface area is 80.5 Å². The zero-order valence-corrected chi connectivity index (χ0v) is 7.73. The average molecular weight is 201 g/mol. The van der Waals surface area contributed by atoms with Crippen molar-refractivity contribution >= 4 is 5.97 Å². The SMILES string of the molecule is CCOC(=O)c1coc(OCCO)n1. The van der Waals surface area contributed by atoms with Gasteiger partial charge < -0.3 is 19.0 Å². The van der Waals surface area contributed by atoms with E-state index in [0.29, 0.717) is 0 Å². The van der Waals surface area contributed by atoms with Gasteiger partial charge in [0.05, 0.1) is 13.2 Å². The summed E-state index contributed by atoms with van der Waals surface area (Å²) in [5.74, 6) is -0.560. The number of rotatable bonds is 5. The Bertz CT molecular complexity index is 296. The van der Waals surface area contributed by atoms with Crippen molar-refractivity contribution in [3.8, 4) is 6.08 Å². The molecule has 0 saturated carbocycles. The Balaban J connectivity index is 2.54. The number of esters is 1. The van der Waals surface area contributed by atoms with Crippen LogP contribution in [0.25, 0.3) is 0 Å². The highest BCUT2D eigenvalue weighted by atomic mass is 16.6. The predicted molar refractivity (Wildman–Crippen MR) is 45.0 cm³/mol. The van der Waals surface area contributed by atoms with Crippen LogP contribution < -0.4 is 4.74 Å². The van der Waals surface area contributed by atoms with Gasteiger partial charge in [-0.15, -0.1) is 0 Å². The van der Waals surface area contributed by atoms with Gasteiger partial charge in [-0.25, -0.2) is 4.79 Å². The summed E-state index contributed by atoms with van der Waals surface area (Å²) < 4.78 is 14.3. The highest BCUT2D eigenvalue weighted by Crippen LogP contribution is 2.10. The van der Waals surface area contributed by atoms with Crippen molar-refractivity contribution in [1.29, 1.82) is 0 Å². The van der Waals surface area contributed by atoms with Crippen LogP contribution in [0.3, 0.4) is 0 Å². The summed E-state index contributed by atoms with van der Waals surface area (Å²) in [6.45, 7) is 1.90. The standard InChI is InChI=1S/C8H11NO5/c1-2-12-7(11)6-5-14-8(9-6)13-4-3-10/h5,10H,2-4H2,1H3. The largest absolute Gasteiger partial charge is 0.461 e. The lowest BCUT2D eigenvalue weighted by Gasteiger charge is -1.96. The summed E-state index contributed by atoms with van der Waals surface area (Å²) in [7, 11) is 0. The van der Waals surface area contributed by atoms with E-state index in [1.54, 1.807) is 6.92 Å². The first kappa shape index (κ1) is 10.5. The van der Waals surface area contributed by atoms with Crippen LogP contribution in [0.1, 0.15) is 17.4 Å². The van der Waals surface area contributed by atoms with Crippen LogP contribution >= 0.6 is 0 Å². The molecule has 78 valence electrons. The number of ether oxygens (including phenoxy) is 2. The summed E-state index contributed by atoms with van der Waals surface area (Å²) >= 11 is 0. The summed E-state index contributed by atoms with van der Waals surface area (Å²) in [6, 6.07) is 0. The number of oxazole rings is 1. The second-order valence-corrected chi connectivity index (χ2v) is 2.29. The van der Waals surface area contributed by atoms with E-state index in [0.717, 1.165) is 6.26 Å². The molecule has 1 aromatic rings. The average Bonchev–Trinajstić information content (AvgIpc) is 2.63. The first-order valence-electron chi connectivity index (χ1n) is 4.14. The fraction of sp³-hybridized carbons (Fsp3) is 0.500. The lowest BCUT2D eigenvalue weighted by Crippen LogP contribution is -2.06. The highest BCUT2D eigenvalue weighted by molar-refractivity contribution is 5.86. The number of aliphatic hydroxyl groups is 1. The molecule has 1 rings (SSSR count). The number of carbonyl (C=O) groups is 1. The molecule has 0 atom stereocenters. The van der Waals surface area contributed by atoms with Crippen LogP contribution in [0.15, 0.2) is 10.7 Å². The molecule has 1 N–H and O–H groups in total. The van der Waals surface area contributed by atoms with Crippen molar-refractivity contribution in [3.63, 3.8) is 0 Å². The molecule has 0 bridgehead atoms. The van der Waals surface area contributed by atoms with E-state index < -0.39 is 5.97 Å². The lowest BCUT2D eigenvalue weighted by atomic mass is 10.5. The normalized spacial score (nSPS) is 9.86. The van der Waals surface area contributed by atoms with Crippen LogP contribution in [0.2, 0.25) is 0 Å². The third-order valence-electron chi connectivity index (χ3n) is 1.28. The molecule has 1 heterocycles. The fourth-order valence-electron chi connectivity index (χ4n) is 0.755. The van der Waals surface area contributed by atoms with E-state index in [9.17, 15) is 4.79 Å². The van der Waals surface area contributed by atoms with Gasteiger partial charge in [0.1, 0.15) is 12.9 Å². The van der Waals surface area contributed by atoms with E-state index >= 15 is 0 Å². The third-order valence-corrected chi connectivity index (χ3v) is 1.28. The second-order valence-electron chi connectivity index (χ2n) is 2.29. The first-order valence-corrected chi connectivity index (χ1v) is 4.14. The summed E-state index contributed by atoms with van der Waals surface area (Å²) in [5.41, 5.74) is 0.0554. The number of hydrogen-bond donors (Lipinski definition) is 1. The lowest BCUT2D eigenvalue weighted by molar-refractivity contribution is 0.0519. The van der Waals surface area contributed by atoms with Gasteiger partial charge in [-0.2, -0.15) is 4.98 Å². The van der Waals surface area contributed by atoms with Gasteiger partial charge in [-0.1, -0.05) is 0 Å². The van der Waals surface area contributed by atoms with Crippen molar-refractivity contribution < 1.29 is 23.8 Å². The van der Waals surface area contributed by atoms with E-state index in [4.69, 9.17) is 14.3 Å². The third kappa shape index (κ3) is 2.74. The zero-order chi connectivity index (χ0) is 10.4. The van der Waals surface area contributed by atoms with Crippen LogP contribution in [0.4, 0.5) is 0 Å². The van der Waals surface area contributed by atoms with E-state index in [2.05, 4.69) is 9.72 Å². The summed E-state index contributed by atoms with van der Waals surface area (Å²) in [4.78, 5) is 14.8. The van der Waals surface area contributed by atoms with E-state index in [-0.39, 0.29) is 31.6 Å². The maximum Gasteiger partial charge on any atom is 0.394 e. The molecule has 0 amide bonds. The molecule has 0 unspecified atom stereocenters. The monoisotopic (exact) mass is 201 g/mol. The molecule has 0 aliphatic rings. The Morgan fingerprint density at radius 3 is 3.14 bits per heavy atom. The maximum atomic E-state index is 11.1. The topological polar surface area (TPSA) is 81.8 Å². The van der Waals surface area contributed by atoms with Gasteiger partial charge in [0.15, 0.2) is 5.69 Å². The van der Waals surface area contributed by atoms with Crippen LogP contribution in [-0.4, -0.2) is 35.9 Å². The smallest absolute Gasteiger partial charge is 0.394 e. The molecule has 0 aliphatic carbocycles. The fourth-order valence-corrected chi connectivity index (χ4v) is 0.755. The van der Waals surface area contributed by atoms with Gasteiger partial charge in [-0.3, -0.25) is 0 Å². The second kappa shape index (κ2) is 5.23. The van der Waals surface area contributed by atoms with Crippen molar-refractivity contribution in [2.45, 2.75) is 6.92 Å². The molecular formula is C8H11NO5. The number of aliphatic hydroxyl groups excluding tert-OH is 1. The first-order chi connectivity index (χ1) is 6.77. The molecule has 0 fully saturated rings. The van der Waals surface area contributed by atoms with Gasteiger partial charge in [0.25, 0.3) is 0 Å². The van der Waals surface area contributed by atoms with Crippen LogP contribution in [0.5, 0.6) is 6.08 Å². The van der Waals surface area contributed by atoms with Gasteiger partial charge in [0.2, 0.25) is 0 Å². The maximum absolute atomic E-state index is 11.1. The van der Waals surface area contributed by atoms with Gasteiger partial charge >= 0.3 is 12.0 Å². The molecule has 0 radical (unpaired) electrons. The Hall–Kier alpha value is -1.56. The number of nitrogens with zero attached hydrogens (tertiary/aromatic N) is 1. The Kier molecular flexibility index (Phi) is 3.93. The minimum Gasteiger partial charge on any atom is -0.461 e. The van der Waals surface area contributed by atoms with Gasteiger partial charge in [-0.05, 0) is 6.92 Å². The van der Waals surface area contributed by atoms with Crippen LogP contribution in [-0.2, 0) is 4.74 Å².